The van der Waals surface area contributed by atoms with Crippen molar-refractivity contribution in [3.63, 3.8) is 0 Å². The first-order valence-corrected chi connectivity index (χ1v) is 8.17. The summed E-state index contributed by atoms with van der Waals surface area (Å²) in [4.78, 5) is 3.90. The van der Waals surface area contributed by atoms with E-state index in [-0.39, 0.29) is 0 Å². The molecule has 0 bridgehead atoms. The molecule has 4 heteroatoms. The second-order valence-corrected chi connectivity index (χ2v) is 6.51. The Kier molecular flexibility index (Phi) is 3.75. The number of thiophene rings is 1. The highest BCUT2D eigenvalue weighted by molar-refractivity contribution is 7.10. The highest BCUT2D eigenvalue weighted by Gasteiger charge is 2.26. The molecule has 1 nitrogen and oxygen atoms in total. The molecule has 1 aromatic heterocycles. The van der Waals surface area contributed by atoms with Gasteiger partial charge in [0, 0.05) is 17.3 Å². The van der Waals surface area contributed by atoms with Crippen molar-refractivity contribution in [2.45, 2.75) is 25.3 Å². The number of nitrogens with zero attached hydrogens (tertiary/aromatic N) is 1. The van der Waals surface area contributed by atoms with Gasteiger partial charge in [-0.3, -0.25) is 0 Å². The first kappa shape index (κ1) is 13.3. The maximum absolute atomic E-state index is 6.41. The zero-order valence-corrected chi connectivity index (χ0v) is 13.0. The van der Waals surface area contributed by atoms with E-state index >= 15 is 0 Å². The minimum Gasteiger partial charge on any atom is -0.363 e. The molecule has 0 N–H and O–H groups in total. The molecule has 19 heavy (non-hydrogen) atoms. The predicted molar refractivity (Wildman–Crippen MR) is 84.8 cm³/mol. The maximum atomic E-state index is 6.41. The van der Waals surface area contributed by atoms with Crippen LogP contribution in [0, 0.1) is 0 Å². The standard InChI is InChI=1S/C15H15Cl2NS/c1-10-12-5-7-19-15(12)4-6-18(10)14-3-2-11(9-16)8-13(14)17/h2-3,5,7-8,10H,4,6,9H2,1H3. The van der Waals surface area contributed by atoms with Gasteiger partial charge in [0.25, 0.3) is 0 Å². The van der Waals surface area contributed by atoms with Gasteiger partial charge in [-0.2, -0.15) is 0 Å². The zero-order valence-electron chi connectivity index (χ0n) is 10.7. The van der Waals surface area contributed by atoms with Crippen LogP contribution in [0.15, 0.2) is 29.6 Å². The lowest BCUT2D eigenvalue weighted by Crippen LogP contribution is -2.33. The molecule has 3 rings (SSSR count). The number of rotatable bonds is 2. The van der Waals surface area contributed by atoms with Gasteiger partial charge in [-0.1, -0.05) is 17.7 Å². The van der Waals surface area contributed by atoms with Gasteiger partial charge in [0.1, 0.15) is 0 Å². The minimum atomic E-state index is 0.384. The van der Waals surface area contributed by atoms with Crippen LogP contribution < -0.4 is 4.90 Å². The number of halogens is 2. The number of alkyl halides is 1. The first-order valence-electron chi connectivity index (χ1n) is 6.38. The van der Waals surface area contributed by atoms with Crippen LogP contribution in [0.3, 0.4) is 0 Å². The van der Waals surface area contributed by atoms with E-state index in [0.717, 1.165) is 29.2 Å². The zero-order chi connectivity index (χ0) is 13.4. The van der Waals surface area contributed by atoms with Gasteiger partial charge in [-0.15, -0.1) is 22.9 Å². The van der Waals surface area contributed by atoms with Crippen molar-refractivity contribution in [3.8, 4) is 0 Å². The molecule has 2 aromatic rings. The minimum absolute atomic E-state index is 0.384. The molecule has 1 unspecified atom stereocenters. The third-order valence-corrected chi connectivity index (χ3v) is 5.36. The Bertz CT molecular complexity index is 594. The van der Waals surface area contributed by atoms with Crippen molar-refractivity contribution in [1.29, 1.82) is 0 Å². The van der Waals surface area contributed by atoms with E-state index < -0.39 is 0 Å². The fourth-order valence-electron chi connectivity index (χ4n) is 2.71. The monoisotopic (exact) mass is 311 g/mol. The maximum Gasteiger partial charge on any atom is 0.0642 e. The Morgan fingerprint density at radius 3 is 2.95 bits per heavy atom. The second-order valence-electron chi connectivity index (χ2n) is 4.84. The predicted octanol–water partition coefficient (Wildman–Crippen LogP) is 5.26. The summed E-state index contributed by atoms with van der Waals surface area (Å²) in [5, 5.41) is 2.98. The molecule has 1 aliphatic rings. The normalized spacial score (nSPS) is 18.5. The summed E-state index contributed by atoms with van der Waals surface area (Å²) in [6, 6.07) is 8.74. The fraction of sp³-hybridized carbons (Fsp3) is 0.333. The smallest absolute Gasteiger partial charge is 0.0642 e. The summed E-state index contributed by atoms with van der Waals surface area (Å²) in [5.41, 5.74) is 3.62. The molecule has 0 aliphatic carbocycles. The van der Waals surface area contributed by atoms with Crippen LogP contribution >= 0.6 is 34.5 Å². The van der Waals surface area contributed by atoms with Gasteiger partial charge in [0.15, 0.2) is 0 Å². The van der Waals surface area contributed by atoms with Gasteiger partial charge in [0.2, 0.25) is 0 Å². The SMILES string of the molecule is CC1c2ccsc2CCN1c1ccc(CCl)cc1Cl. The third-order valence-electron chi connectivity index (χ3n) is 3.75. The molecule has 1 atom stereocenters. The topological polar surface area (TPSA) is 3.24 Å². The Morgan fingerprint density at radius 2 is 2.21 bits per heavy atom. The Hall–Kier alpha value is -0.700. The van der Waals surface area contributed by atoms with Gasteiger partial charge in [-0.25, -0.2) is 0 Å². The lowest BCUT2D eigenvalue weighted by molar-refractivity contribution is 0.633. The molecule has 0 saturated carbocycles. The molecule has 100 valence electrons. The molecule has 0 saturated heterocycles. The molecule has 0 amide bonds. The lowest BCUT2D eigenvalue weighted by atomic mass is 10.0. The quantitative estimate of drug-likeness (QED) is 0.683. The van der Waals surface area contributed by atoms with E-state index in [0.29, 0.717) is 11.9 Å². The van der Waals surface area contributed by atoms with E-state index in [9.17, 15) is 0 Å². The van der Waals surface area contributed by atoms with E-state index in [2.05, 4.69) is 35.4 Å². The van der Waals surface area contributed by atoms with Gasteiger partial charge in [0.05, 0.1) is 16.8 Å². The lowest BCUT2D eigenvalue weighted by Gasteiger charge is -2.36. The number of anilines is 1. The van der Waals surface area contributed by atoms with Crippen molar-refractivity contribution >= 4 is 40.2 Å². The Morgan fingerprint density at radius 1 is 1.37 bits per heavy atom. The van der Waals surface area contributed by atoms with Gasteiger partial charge < -0.3 is 4.90 Å². The van der Waals surface area contributed by atoms with Crippen molar-refractivity contribution in [2.75, 3.05) is 11.4 Å². The fourth-order valence-corrected chi connectivity index (χ4v) is 4.15. The Balaban J connectivity index is 1.95. The van der Waals surface area contributed by atoms with E-state index in [4.69, 9.17) is 23.2 Å². The molecule has 1 aromatic carbocycles. The summed E-state index contributed by atoms with van der Waals surface area (Å²) < 4.78 is 0. The van der Waals surface area contributed by atoms with Crippen molar-refractivity contribution in [3.05, 3.63) is 50.7 Å². The molecule has 0 fully saturated rings. The van der Waals surface area contributed by atoms with Crippen LogP contribution in [0.2, 0.25) is 5.02 Å². The summed E-state index contributed by atoms with van der Waals surface area (Å²) in [5.74, 6) is 0.504. The molecular formula is C15H15Cl2NS. The van der Waals surface area contributed by atoms with Gasteiger partial charge >= 0.3 is 0 Å². The number of benzene rings is 1. The van der Waals surface area contributed by atoms with Crippen LogP contribution in [0.25, 0.3) is 0 Å². The van der Waals surface area contributed by atoms with Crippen LogP contribution in [-0.2, 0) is 12.3 Å². The van der Waals surface area contributed by atoms with Crippen molar-refractivity contribution in [1.82, 2.24) is 0 Å². The molecule has 1 aliphatic heterocycles. The van der Waals surface area contributed by atoms with Crippen LogP contribution in [0.4, 0.5) is 5.69 Å². The Labute approximate surface area is 127 Å². The molecule has 2 heterocycles. The van der Waals surface area contributed by atoms with Crippen LogP contribution in [-0.4, -0.2) is 6.54 Å². The van der Waals surface area contributed by atoms with E-state index in [1.165, 1.54) is 10.4 Å². The largest absolute Gasteiger partial charge is 0.363 e. The summed E-state index contributed by atoms with van der Waals surface area (Å²) >= 11 is 14.1. The summed E-state index contributed by atoms with van der Waals surface area (Å²) in [6.07, 6.45) is 1.10. The molecular weight excluding hydrogens is 297 g/mol. The average Bonchev–Trinajstić information content (AvgIpc) is 2.89. The average molecular weight is 312 g/mol. The summed E-state index contributed by atoms with van der Waals surface area (Å²) in [6.45, 7) is 3.27. The summed E-state index contributed by atoms with van der Waals surface area (Å²) in [7, 11) is 0. The van der Waals surface area contributed by atoms with Crippen LogP contribution in [0.5, 0.6) is 0 Å². The van der Waals surface area contributed by atoms with E-state index in [1.54, 1.807) is 0 Å². The molecule has 0 radical (unpaired) electrons. The van der Waals surface area contributed by atoms with Crippen LogP contribution in [0.1, 0.15) is 29.0 Å². The van der Waals surface area contributed by atoms with Crippen molar-refractivity contribution < 1.29 is 0 Å². The second kappa shape index (κ2) is 5.35. The highest BCUT2D eigenvalue weighted by Crippen LogP contribution is 2.39. The number of hydrogen-bond donors (Lipinski definition) is 0. The van der Waals surface area contributed by atoms with Crippen molar-refractivity contribution in [2.24, 2.45) is 0 Å². The van der Waals surface area contributed by atoms with E-state index in [1.807, 2.05) is 17.4 Å². The van der Waals surface area contributed by atoms with Gasteiger partial charge in [-0.05, 0) is 48.1 Å². The number of hydrogen-bond acceptors (Lipinski definition) is 2. The third kappa shape index (κ3) is 2.37. The molecule has 0 spiro atoms. The number of fused-ring (bicyclic) bond motifs is 1. The highest BCUT2D eigenvalue weighted by atomic mass is 35.5. The first-order chi connectivity index (χ1) is 9.20.